The minimum atomic E-state index is -1.05. The van der Waals surface area contributed by atoms with E-state index in [0.717, 1.165) is 11.3 Å². The Bertz CT molecular complexity index is 706. The van der Waals surface area contributed by atoms with Crippen molar-refractivity contribution in [3.8, 4) is 5.75 Å². The van der Waals surface area contributed by atoms with Gasteiger partial charge in [0.1, 0.15) is 12.3 Å². The van der Waals surface area contributed by atoms with E-state index in [0.29, 0.717) is 24.5 Å². The molecule has 1 N–H and O–H groups in total. The third-order valence-corrected chi connectivity index (χ3v) is 3.94. The zero-order valence-electron chi connectivity index (χ0n) is 13.8. The third-order valence-electron chi connectivity index (χ3n) is 3.60. The summed E-state index contributed by atoms with van der Waals surface area (Å²) >= 11 is 4.26. The first-order valence-corrected chi connectivity index (χ1v) is 8.64. The summed E-state index contributed by atoms with van der Waals surface area (Å²) < 4.78 is 5.71. The summed E-state index contributed by atoms with van der Waals surface area (Å²) in [5, 5.41) is 9.05. The Balaban J connectivity index is 1.89. The normalized spacial score (nSPS) is 10.3. The number of thiol groups is 1. The number of carbonyl (C=O) groups is 2. The lowest BCUT2D eigenvalue weighted by Gasteiger charge is -2.21. The molecule has 0 fully saturated rings. The molecule has 6 heteroatoms. The second-order valence-corrected chi connectivity index (χ2v) is 5.74. The van der Waals surface area contributed by atoms with Crippen LogP contribution < -0.4 is 9.64 Å². The standard InChI is InChI=1S/C19H21NO4S/c21-18(20(13-19(22)23)16-8-2-1-3-9-16)11-6-12-24-17-10-5-4-7-15(17)14-25/h1-5,7-10,25H,6,11-14H2,(H,22,23). The van der Waals surface area contributed by atoms with Gasteiger partial charge in [0.2, 0.25) is 5.91 Å². The van der Waals surface area contributed by atoms with Gasteiger partial charge in [0.25, 0.3) is 0 Å². The molecule has 0 spiro atoms. The van der Waals surface area contributed by atoms with E-state index in [9.17, 15) is 9.59 Å². The largest absolute Gasteiger partial charge is 0.493 e. The number of rotatable bonds is 9. The van der Waals surface area contributed by atoms with E-state index in [-0.39, 0.29) is 18.9 Å². The summed E-state index contributed by atoms with van der Waals surface area (Å²) in [5.74, 6) is 0.0569. The van der Waals surface area contributed by atoms with E-state index in [1.807, 2.05) is 30.3 Å². The van der Waals surface area contributed by atoms with Crippen LogP contribution in [0.4, 0.5) is 5.69 Å². The number of benzene rings is 2. The highest BCUT2D eigenvalue weighted by molar-refractivity contribution is 7.79. The number of anilines is 1. The molecule has 0 saturated carbocycles. The maximum absolute atomic E-state index is 12.4. The predicted molar refractivity (Wildman–Crippen MR) is 100 cm³/mol. The fourth-order valence-electron chi connectivity index (χ4n) is 2.38. The number of hydrogen-bond acceptors (Lipinski definition) is 4. The number of carbonyl (C=O) groups excluding carboxylic acids is 1. The van der Waals surface area contributed by atoms with Gasteiger partial charge in [-0.2, -0.15) is 12.6 Å². The van der Waals surface area contributed by atoms with Crippen LogP contribution in [0.1, 0.15) is 18.4 Å². The van der Waals surface area contributed by atoms with E-state index in [4.69, 9.17) is 9.84 Å². The first-order valence-electron chi connectivity index (χ1n) is 8.00. The second kappa shape index (κ2) is 9.74. The summed E-state index contributed by atoms with van der Waals surface area (Å²) in [7, 11) is 0. The molecule has 132 valence electrons. The summed E-state index contributed by atoms with van der Waals surface area (Å²) in [6.45, 7) is 0.0262. The van der Waals surface area contributed by atoms with Crippen molar-refractivity contribution in [2.75, 3.05) is 18.1 Å². The van der Waals surface area contributed by atoms with E-state index in [1.165, 1.54) is 4.90 Å². The molecular formula is C19H21NO4S. The zero-order chi connectivity index (χ0) is 18.1. The van der Waals surface area contributed by atoms with Crippen LogP contribution in [-0.2, 0) is 15.3 Å². The summed E-state index contributed by atoms with van der Waals surface area (Å²) in [6, 6.07) is 16.4. The van der Waals surface area contributed by atoms with Gasteiger partial charge < -0.3 is 14.7 Å². The van der Waals surface area contributed by atoms with Crippen molar-refractivity contribution >= 4 is 30.2 Å². The van der Waals surface area contributed by atoms with E-state index < -0.39 is 5.97 Å². The molecular weight excluding hydrogens is 338 g/mol. The minimum Gasteiger partial charge on any atom is -0.493 e. The molecule has 0 unspecified atom stereocenters. The summed E-state index contributed by atoms with van der Waals surface area (Å²) in [5.41, 5.74) is 1.57. The lowest BCUT2D eigenvalue weighted by atomic mass is 10.2. The molecule has 0 radical (unpaired) electrons. The van der Waals surface area contributed by atoms with Crippen molar-refractivity contribution in [3.05, 3.63) is 60.2 Å². The van der Waals surface area contributed by atoms with Gasteiger partial charge in [0, 0.05) is 23.4 Å². The predicted octanol–water partition coefficient (Wildman–Crippen LogP) is 3.39. The van der Waals surface area contributed by atoms with Gasteiger partial charge in [-0.05, 0) is 24.6 Å². The molecule has 2 aromatic carbocycles. The van der Waals surface area contributed by atoms with Crippen molar-refractivity contribution in [1.29, 1.82) is 0 Å². The van der Waals surface area contributed by atoms with Gasteiger partial charge in [-0.3, -0.25) is 9.59 Å². The van der Waals surface area contributed by atoms with Crippen LogP contribution >= 0.6 is 12.6 Å². The van der Waals surface area contributed by atoms with Crippen LogP contribution in [0.5, 0.6) is 5.75 Å². The van der Waals surface area contributed by atoms with E-state index in [2.05, 4.69) is 12.6 Å². The molecule has 0 atom stereocenters. The van der Waals surface area contributed by atoms with Crippen LogP contribution in [0.25, 0.3) is 0 Å². The van der Waals surface area contributed by atoms with Gasteiger partial charge in [-0.1, -0.05) is 36.4 Å². The molecule has 1 amide bonds. The van der Waals surface area contributed by atoms with Crippen molar-refractivity contribution in [2.45, 2.75) is 18.6 Å². The molecule has 0 aliphatic rings. The molecule has 2 rings (SSSR count). The van der Waals surface area contributed by atoms with Gasteiger partial charge in [0.05, 0.1) is 6.61 Å². The molecule has 0 aromatic heterocycles. The number of hydrogen-bond donors (Lipinski definition) is 2. The molecule has 5 nitrogen and oxygen atoms in total. The molecule has 0 aliphatic carbocycles. The van der Waals surface area contributed by atoms with Crippen LogP contribution in [-0.4, -0.2) is 30.1 Å². The highest BCUT2D eigenvalue weighted by Gasteiger charge is 2.18. The Morgan fingerprint density at radius 3 is 2.40 bits per heavy atom. The van der Waals surface area contributed by atoms with Crippen LogP contribution in [0.3, 0.4) is 0 Å². The average molecular weight is 359 g/mol. The quantitative estimate of drug-likeness (QED) is 0.532. The van der Waals surface area contributed by atoms with Crippen LogP contribution in [0.15, 0.2) is 54.6 Å². The van der Waals surface area contributed by atoms with Gasteiger partial charge >= 0.3 is 5.97 Å². The van der Waals surface area contributed by atoms with Crippen LogP contribution in [0, 0.1) is 0 Å². The second-order valence-electron chi connectivity index (χ2n) is 5.43. The fraction of sp³-hybridized carbons (Fsp3) is 0.263. The Morgan fingerprint density at radius 1 is 1.04 bits per heavy atom. The Labute approximate surface area is 152 Å². The maximum Gasteiger partial charge on any atom is 0.323 e. The number of carboxylic acids is 1. The first kappa shape index (κ1) is 18.9. The Morgan fingerprint density at radius 2 is 1.72 bits per heavy atom. The SMILES string of the molecule is O=C(O)CN(C(=O)CCCOc1ccccc1CS)c1ccccc1. The maximum atomic E-state index is 12.4. The first-order chi connectivity index (χ1) is 12.1. The number of nitrogens with zero attached hydrogens (tertiary/aromatic N) is 1. The molecule has 0 saturated heterocycles. The summed E-state index contributed by atoms with van der Waals surface area (Å²) in [4.78, 5) is 24.7. The molecule has 25 heavy (non-hydrogen) atoms. The lowest BCUT2D eigenvalue weighted by molar-refractivity contribution is -0.136. The van der Waals surface area contributed by atoms with Gasteiger partial charge in [-0.15, -0.1) is 0 Å². The topological polar surface area (TPSA) is 66.8 Å². The van der Waals surface area contributed by atoms with E-state index in [1.54, 1.807) is 24.3 Å². The number of para-hydroxylation sites is 2. The number of ether oxygens (including phenoxy) is 1. The van der Waals surface area contributed by atoms with Crippen LogP contribution in [0.2, 0.25) is 0 Å². The molecule has 2 aromatic rings. The molecule has 0 heterocycles. The smallest absolute Gasteiger partial charge is 0.323 e. The average Bonchev–Trinajstić information content (AvgIpc) is 2.64. The monoisotopic (exact) mass is 359 g/mol. The number of carboxylic acid groups (broad SMARTS) is 1. The van der Waals surface area contributed by atoms with Crippen molar-refractivity contribution in [1.82, 2.24) is 0 Å². The van der Waals surface area contributed by atoms with Crippen molar-refractivity contribution in [2.24, 2.45) is 0 Å². The number of amides is 1. The van der Waals surface area contributed by atoms with Crippen molar-refractivity contribution in [3.63, 3.8) is 0 Å². The highest BCUT2D eigenvalue weighted by Crippen LogP contribution is 2.20. The minimum absolute atomic E-state index is 0.214. The Kier molecular flexibility index (Phi) is 7.35. The van der Waals surface area contributed by atoms with Gasteiger partial charge in [-0.25, -0.2) is 0 Å². The third kappa shape index (κ3) is 5.83. The van der Waals surface area contributed by atoms with Crippen molar-refractivity contribution < 1.29 is 19.4 Å². The Hall–Kier alpha value is -2.47. The van der Waals surface area contributed by atoms with Gasteiger partial charge in [0.15, 0.2) is 0 Å². The van der Waals surface area contributed by atoms with E-state index >= 15 is 0 Å². The molecule has 0 bridgehead atoms. The number of aliphatic carboxylic acids is 1. The highest BCUT2D eigenvalue weighted by atomic mass is 32.1. The molecule has 0 aliphatic heterocycles. The fourth-order valence-corrected chi connectivity index (χ4v) is 2.64. The zero-order valence-corrected chi connectivity index (χ0v) is 14.7. The lowest BCUT2D eigenvalue weighted by Crippen LogP contribution is -2.35. The summed E-state index contributed by atoms with van der Waals surface area (Å²) in [6.07, 6.45) is 0.716.